The van der Waals surface area contributed by atoms with Gasteiger partial charge < -0.3 is 21.1 Å². The van der Waals surface area contributed by atoms with E-state index >= 15 is 0 Å². The van der Waals surface area contributed by atoms with Crippen molar-refractivity contribution in [1.29, 1.82) is 0 Å². The van der Waals surface area contributed by atoms with Crippen LogP contribution < -0.4 is 21.4 Å². The Labute approximate surface area is 231 Å². The highest BCUT2D eigenvalue weighted by Crippen LogP contribution is 2.19. The molecule has 3 rings (SSSR count). The van der Waals surface area contributed by atoms with Crippen LogP contribution in [0.1, 0.15) is 83.9 Å². The molecule has 5 N–H and O–H groups in total. The van der Waals surface area contributed by atoms with Crippen LogP contribution in [0, 0.1) is 11.8 Å². The van der Waals surface area contributed by atoms with Crippen LogP contribution in [0.25, 0.3) is 0 Å². The summed E-state index contributed by atoms with van der Waals surface area (Å²) in [6.45, 7) is 9.23. The standard InChI is InChI=1S/C29H45N5O5/c1-17(2)25-28(38)31-20(5)29(39)34-15-9-13-23(33-34)27(37)30-19(4)22-12-8-11-21(16-22)10-6-7-14-24(35)18(3)26(36)32-25/h8,11-12,16-20,23-25,33,35H,6-7,9-10,13-15H2,1-5H3,(H,30,37)(H,31,38)(H,32,36). The number of aryl methyl sites for hydroxylation is 1. The van der Waals surface area contributed by atoms with Crippen LogP contribution in [0.4, 0.5) is 0 Å². The first-order valence-electron chi connectivity index (χ1n) is 14.2. The molecule has 6 atom stereocenters. The van der Waals surface area contributed by atoms with Gasteiger partial charge in [0.25, 0.3) is 5.91 Å². The number of hydrogen-bond acceptors (Lipinski definition) is 6. The molecule has 2 aliphatic heterocycles. The fourth-order valence-corrected chi connectivity index (χ4v) is 5.08. The third-order valence-electron chi connectivity index (χ3n) is 7.76. The maximum absolute atomic E-state index is 13.2. The number of benzene rings is 1. The van der Waals surface area contributed by atoms with Gasteiger partial charge >= 0.3 is 0 Å². The zero-order chi connectivity index (χ0) is 28.7. The number of fused-ring (bicyclic) bond motifs is 4. The van der Waals surface area contributed by atoms with Gasteiger partial charge in [0.2, 0.25) is 17.7 Å². The molecule has 10 nitrogen and oxygen atoms in total. The largest absolute Gasteiger partial charge is 0.392 e. The molecule has 0 saturated carbocycles. The van der Waals surface area contributed by atoms with Crippen molar-refractivity contribution < 1.29 is 24.3 Å². The topological polar surface area (TPSA) is 140 Å². The van der Waals surface area contributed by atoms with Crippen LogP contribution in [0.15, 0.2) is 24.3 Å². The first kappa shape index (κ1) is 30.6. The minimum atomic E-state index is -0.868. The summed E-state index contributed by atoms with van der Waals surface area (Å²) in [5.74, 6) is -2.32. The predicted molar refractivity (Wildman–Crippen MR) is 148 cm³/mol. The van der Waals surface area contributed by atoms with E-state index in [0.717, 1.165) is 30.4 Å². The molecule has 1 saturated heterocycles. The zero-order valence-corrected chi connectivity index (χ0v) is 23.8. The molecule has 2 heterocycles. The molecule has 216 valence electrons. The number of amides is 4. The number of nitrogens with one attached hydrogen (secondary N) is 4. The summed E-state index contributed by atoms with van der Waals surface area (Å²) in [6.07, 6.45) is 3.28. The maximum atomic E-state index is 13.2. The summed E-state index contributed by atoms with van der Waals surface area (Å²) in [5.41, 5.74) is 5.17. The highest BCUT2D eigenvalue weighted by Gasteiger charge is 2.34. The molecule has 1 aromatic carbocycles. The maximum Gasteiger partial charge on any atom is 0.258 e. The van der Waals surface area contributed by atoms with Crippen LogP contribution in [-0.4, -0.2) is 64.5 Å². The molecule has 39 heavy (non-hydrogen) atoms. The minimum absolute atomic E-state index is 0.185. The molecule has 1 aromatic rings. The number of carbonyl (C=O) groups is 4. The lowest BCUT2D eigenvalue weighted by Crippen LogP contribution is -2.62. The number of hydrogen-bond donors (Lipinski definition) is 5. The average Bonchev–Trinajstić information content (AvgIpc) is 2.92. The van der Waals surface area contributed by atoms with Crippen molar-refractivity contribution in [3.63, 3.8) is 0 Å². The van der Waals surface area contributed by atoms with Gasteiger partial charge in [0.05, 0.1) is 18.1 Å². The molecule has 0 aliphatic carbocycles. The van der Waals surface area contributed by atoms with E-state index in [2.05, 4.69) is 27.4 Å². The fraction of sp³-hybridized carbons (Fsp3) is 0.655. The number of aliphatic hydroxyl groups excluding tert-OH is 1. The second-order valence-corrected chi connectivity index (χ2v) is 11.4. The van der Waals surface area contributed by atoms with Gasteiger partial charge in [-0.15, -0.1) is 0 Å². The molecule has 10 heteroatoms. The quantitative estimate of drug-likeness (QED) is 0.366. The Kier molecular flexibility index (Phi) is 10.9. The second kappa shape index (κ2) is 13.9. The smallest absolute Gasteiger partial charge is 0.258 e. The lowest BCUT2D eigenvalue weighted by Gasteiger charge is -2.35. The Balaban J connectivity index is 1.82. The molecular weight excluding hydrogens is 498 g/mol. The summed E-state index contributed by atoms with van der Waals surface area (Å²) < 4.78 is 0. The summed E-state index contributed by atoms with van der Waals surface area (Å²) >= 11 is 0. The SMILES string of the molecule is CC1NC(=O)C(C(C)C)NC(=O)C(C)C(O)CCCCc2cccc(c2)C(C)NC(=O)C2CCCN(N2)C1=O. The summed E-state index contributed by atoms with van der Waals surface area (Å²) in [7, 11) is 0. The number of nitrogens with zero attached hydrogens (tertiary/aromatic N) is 1. The van der Waals surface area contributed by atoms with Crippen molar-refractivity contribution >= 4 is 23.6 Å². The van der Waals surface area contributed by atoms with Gasteiger partial charge in [-0.25, -0.2) is 5.43 Å². The van der Waals surface area contributed by atoms with E-state index < -0.39 is 42.0 Å². The third kappa shape index (κ3) is 8.25. The number of hydrazine groups is 1. The molecule has 4 bridgehead atoms. The van der Waals surface area contributed by atoms with E-state index in [9.17, 15) is 24.3 Å². The molecule has 2 aliphatic rings. The third-order valence-corrected chi connectivity index (χ3v) is 7.76. The van der Waals surface area contributed by atoms with E-state index in [-0.39, 0.29) is 23.8 Å². The Morgan fingerprint density at radius 2 is 1.59 bits per heavy atom. The Morgan fingerprint density at radius 1 is 0.872 bits per heavy atom. The Hall–Kier alpha value is -2.98. The van der Waals surface area contributed by atoms with Gasteiger partial charge in [-0.05, 0) is 63.0 Å². The van der Waals surface area contributed by atoms with Crippen molar-refractivity contribution in [2.75, 3.05) is 6.54 Å². The van der Waals surface area contributed by atoms with E-state index in [1.165, 1.54) is 5.01 Å². The van der Waals surface area contributed by atoms with Crippen LogP contribution in [0.5, 0.6) is 0 Å². The van der Waals surface area contributed by atoms with Gasteiger partial charge in [-0.2, -0.15) is 0 Å². The monoisotopic (exact) mass is 543 g/mol. The summed E-state index contributed by atoms with van der Waals surface area (Å²) in [4.78, 5) is 52.3. The zero-order valence-electron chi connectivity index (χ0n) is 23.8. The van der Waals surface area contributed by atoms with E-state index in [0.29, 0.717) is 25.8 Å². The molecule has 6 unspecified atom stereocenters. The normalized spacial score (nSPS) is 30.5. The fourth-order valence-electron chi connectivity index (χ4n) is 5.08. The first-order valence-corrected chi connectivity index (χ1v) is 14.2. The van der Waals surface area contributed by atoms with Gasteiger partial charge in [0, 0.05) is 6.54 Å². The van der Waals surface area contributed by atoms with Crippen molar-refractivity contribution in [2.45, 2.75) is 103 Å². The van der Waals surface area contributed by atoms with Crippen LogP contribution in [0.3, 0.4) is 0 Å². The summed E-state index contributed by atoms with van der Waals surface area (Å²) in [5, 5.41) is 20.6. The van der Waals surface area contributed by atoms with Crippen molar-refractivity contribution in [1.82, 2.24) is 26.4 Å². The van der Waals surface area contributed by atoms with E-state index in [1.54, 1.807) is 13.8 Å². The van der Waals surface area contributed by atoms with E-state index in [1.807, 2.05) is 39.0 Å². The van der Waals surface area contributed by atoms with Crippen LogP contribution in [0.2, 0.25) is 0 Å². The summed E-state index contributed by atoms with van der Waals surface area (Å²) in [6, 6.07) is 5.59. The Bertz CT molecular complexity index is 1030. The van der Waals surface area contributed by atoms with E-state index in [4.69, 9.17) is 0 Å². The number of carbonyl (C=O) groups excluding carboxylic acids is 4. The van der Waals surface area contributed by atoms with Crippen LogP contribution in [-0.2, 0) is 25.6 Å². The van der Waals surface area contributed by atoms with Crippen LogP contribution >= 0.6 is 0 Å². The highest BCUT2D eigenvalue weighted by molar-refractivity contribution is 5.92. The van der Waals surface area contributed by atoms with Crippen molar-refractivity contribution in [3.8, 4) is 0 Å². The molecule has 1 fully saturated rings. The molecular formula is C29H45N5O5. The van der Waals surface area contributed by atoms with Gasteiger partial charge in [0.15, 0.2) is 0 Å². The lowest BCUT2D eigenvalue weighted by molar-refractivity contribution is -0.143. The second-order valence-electron chi connectivity index (χ2n) is 11.4. The highest BCUT2D eigenvalue weighted by atomic mass is 16.3. The Morgan fingerprint density at radius 3 is 2.31 bits per heavy atom. The molecule has 4 amide bonds. The molecule has 0 aromatic heterocycles. The van der Waals surface area contributed by atoms with Gasteiger partial charge in [-0.1, -0.05) is 51.5 Å². The molecule has 0 radical (unpaired) electrons. The van der Waals surface area contributed by atoms with Gasteiger partial charge in [0.1, 0.15) is 18.1 Å². The minimum Gasteiger partial charge on any atom is -0.392 e. The number of aliphatic hydroxyl groups is 1. The number of rotatable bonds is 1. The average molecular weight is 544 g/mol. The van der Waals surface area contributed by atoms with Crippen molar-refractivity contribution in [2.24, 2.45) is 11.8 Å². The first-order chi connectivity index (χ1) is 18.5. The predicted octanol–water partition coefficient (Wildman–Crippen LogP) is 1.73. The van der Waals surface area contributed by atoms with Crippen molar-refractivity contribution in [3.05, 3.63) is 35.4 Å². The molecule has 0 spiro atoms. The van der Waals surface area contributed by atoms with Gasteiger partial charge in [-0.3, -0.25) is 24.2 Å². The lowest BCUT2D eigenvalue weighted by atomic mass is 9.95.